The van der Waals surface area contributed by atoms with Gasteiger partial charge in [-0.2, -0.15) is 13.2 Å². The Labute approximate surface area is 332 Å². The Morgan fingerprint density at radius 3 is 2.21 bits per heavy atom. The lowest BCUT2D eigenvalue weighted by molar-refractivity contribution is -0.274. The fraction of sp³-hybridized carbons (Fsp3) is 0.467. The van der Waals surface area contributed by atoms with Gasteiger partial charge in [-0.3, -0.25) is 4.79 Å². The van der Waals surface area contributed by atoms with E-state index in [1.807, 2.05) is 13.0 Å². The number of urea groups is 1. The van der Waals surface area contributed by atoms with E-state index in [0.29, 0.717) is 55.3 Å². The molecule has 8 unspecified atom stereocenters. The zero-order chi connectivity index (χ0) is 41.5. The molecule has 0 aliphatic heterocycles. The molecule has 3 aromatic carbocycles. The number of aliphatic hydroxyl groups is 2. The number of ether oxygens (including phenoxy) is 1. The predicted octanol–water partition coefficient (Wildman–Crippen LogP) is 10.1. The third-order valence-corrected chi connectivity index (χ3v) is 14.7. The number of nitrogens with one attached hydrogen (secondary N) is 1. The van der Waals surface area contributed by atoms with Gasteiger partial charge in [0.2, 0.25) is 0 Å². The van der Waals surface area contributed by atoms with E-state index in [1.165, 1.54) is 29.2 Å². The van der Waals surface area contributed by atoms with Crippen LogP contribution in [0.5, 0.6) is 5.75 Å². The van der Waals surface area contributed by atoms with E-state index in [1.54, 1.807) is 30.3 Å². The van der Waals surface area contributed by atoms with E-state index in [9.17, 15) is 46.1 Å². The van der Waals surface area contributed by atoms with Crippen LogP contribution in [0.3, 0.4) is 0 Å². The Balaban J connectivity index is 1.18. The molecule has 0 radical (unpaired) electrons. The number of para-hydroxylation sites is 1. The number of anilines is 1. The van der Waals surface area contributed by atoms with Crippen LogP contribution in [0.1, 0.15) is 80.3 Å². The van der Waals surface area contributed by atoms with E-state index < -0.39 is 63.6 Å². The first kappa shape index (κ1) is 40.2. The molecule has 13 heteroatoms. The second-order valence-electron chi connectivity index (χ2n) is 17.6. The molecule has 0 saturated heterocycles. The molecule has 0 aromatic heterocycles. The Kier molecular flexibility index (Phi) is 9.51. The summed E-state index contributed by atoms with van der Waals surface area (Å²) in [5, 5.41) is 26.9. The lowest BCUT2D eigenvalue weighted by Gasteiger charge is -2.71. The number of carbonyl (C=O) groups is 2. The summed E-state index contributed by atoms with van der Waals surface area (Å²) < 4.78 is 84.6. The molecule has 58 heavy (non-hydrogen) atoms. The molecule has 3 N–H and O–H groups in total. The summed E-state index contributed by atoms with van der Waals surface area (Å²) in [6.07, 6.45) is -0.611. The van der Waals surface area contributed by atoms with Gasteiger partial charge >= 0.3 is 18.6 Å². The van der Waals surface area contributed by atoms with Gasteiger partial charge < -0.3 is 25.2 Å². The van der Waals surface area contributed by atoms with Gasteiger partial charge in [0.05, 0.1) is 23.8 Å². The molecular formula is C45H46F6N2O5. The molecule has 9 rings (SSSR count). The minimum atomic E-state index is -4.88. The molecule has 3 saturated carbocycles. The molecule has 0 heterocycles. The van der Waals surface area contributed by atoms with Gasteiger partial charge in [0.25, 0.3) is 0 Å². The van der Waals surface area contributed by atoms with Crippen molar-refractivity contribution in [3.05, 3.63) is 119 Å². The summed E-state index contributed by atoms with van der Waals surface area (Å²) in [7, 11) is 0. The van der Waals surface area contributed by atoms with Crippen LogP contribution in [0.25, 0.3) is 0 Å². The smallest absolute Gasteiger partial charge is 0.406 e. The summed E-state index contributed by atoms with van der Waals surface area (Å²) >= 11 is 0. The largest absolute Gasteiger partial charge is 0.573 e. The molecule has 7 nitrogen and oxygen atoms in total. The number of Topliss-reactive ketones (excluding diaryl/α,β-unsaturated/α-hetero) is 1. The van der Waals surface area contributed by atoms with E-state index in [-0.39, 0.29) is 42.3 Å². The van der Waals surface area contributed by atoms with Crippen molar-refractivity contribution < 1.29 is 50.9 Å². The summed E-state index contributed by atoms with van der Waals surface area (Å²) in [5.41, 5.74) is -4.09. The number of aliphatic hydroxyl groups excluding tert-OH is 1. The van der Waals surface area contributed by atoms with Crippen molar-refractivity contribution in [1.82, 2.24) is 4.90 Å². The number of ketones is 1. The number of allylic oxidation sites excluding steroid dienone is 4. The van der Waals surface area contributed by atoms with Gasteiger partial charge in [0, 0.05) is 39.6 Å². The van der Waals surface area contributed by atoms with E-state index in [0.717, 1.165) is 24.3 Å². The van der Waals surface area contributed by atoms with Gasteiger partial charge in [-0.1, -0.05) is 74.5 Å². The van der Waals surface area contributed by atoms with Crippen LogP contribution < -0.4 is 10.1 Å². The lowest BCUT2D eigenvalue weighted by atomic mass is 9.32. The summed E-state index contributed by atoms with van der Waals surface area (Å²) in [6.45, 7) is 3.96. The maximum atomic E-state index is 14.8. The van der Waals surface area contributed by atoms with E-state index in [4.69, 9.17) is 0 Å². The minimum Gasteiger partial charge on any atom is -0.406 e. The number of hydrogen-bond acceptors (Lipinski definition) is 5. The highest BCUT2D eigenvalue weighted by Gasteiger charge is 2.74. The second kappa shape index (κ2) is 13.7. The van der Waals surface area contributed by atoms with Gasteiger partial charge in [-0.05, 0) is 104 Å². The molecule has 3 fully saturated rings. The van der Waals surface area contributed by atoms with Crippen LogP contribution in [0, 0.1) is 33.5 Å². The van der Waals surface area contributed by atoms with Crippen LogP contribution >= 0.6 is 0 Å². The van der Waals surface area contributed by atoms with Gasteiger partial charge in [-0.25, -0.2) is 4.79 Å². The first-order valence-corrected chi connectivity index (χ1v) is 19.7. The van der Waals surface area contributed by atoms with Crippen molar-refractivity contribution in [1.29, 1.82) is 0 Å². The molecule has 6 aliphatic rings. The molecule has 308 valence electrons. The van der Waals surface area contributed by atoms with E-state index in [2.05, 4.69) is 29.1 Å². The molecular weight excluding hydrogens is 762 g/mol. The number of fused-ring (bicyclic) bond motifs is 1. The number of carbonyl (C=O) groups excluding carboxylic acids is 2. The highest BCUT2D eigenvalue weighted by molar-refractivity contribution is 6.10. The standard InChI is InChI=1S/C45H46F6N2O5/c1-39-18-15-32(54)24-41(39)21-22-43(34(25-41)37(55)29-7-6-8-30(23-29)44(46,47)48)35(39)16-19-40(2)36(43)17-20-42(40,57)27-53(38(56)52-31-9-4-3-5-10-31)26-28-11-13-33(14-12-28)58-45(49,50)51/h3-14,21-23,25,32,35-36,54,57H,15-20,24,26-27H2,1-2H3,(H,52,56). The number of nitrogens with zero attached hydrogens (tertiary/aromatic N) is 1. The van der Waals surface area contributed by atoms with Crippen molar-refractivity contribution in [2.45, 2.75) is 89.6 Å². The number of rotatable bonds is 8. The zero-order valence-electron chi connectivity index (χ0n) is 32.2. The number of amides is 2. The van der Waals surface area contributed by atoms with Crippen LogP contribution in [0.4, 0.5) is 36.8 Å². The second-order valence-corrected chi connectivity index (χ2v) is 17.6. The van der Waals surface area contributed by atoms with Gasteiger partial charge in [-0.15, -0.1) is 13.2 Å². The SMILES string of the molecule is CC12CCC(O)CC13C=CC1(C(C(=O)c4cccc(C(F)(F)F)c4)=C3)C2CCC2(C)C1CCC2(O)CN(Cc1ccc(OC(F)(F)F)cc1)C(=O)Nc1ccccc1. The predicted molar refractivity (Wildman–Crippen MR) is 203 cm³/mol. The van der Waals surface area contributed by atoms with Crippen molar-refractivity contribution >= 4 is 17.5 Å². The first-order valence-electron chi connectivity index (χ1n) is 19.7. The maximum Gasteiger partial charge on any atom is 0.573 e. The third kappa shape index (κ3) is 6.43. The highest BCUT2D eigenvalue weighted by Crippen LogP contribution is 2.78. The molecule has 8 atom stereocenters. The normalized spacial score (nSPS) is 33.7. The Hall–Kier alpha value is -4.62. The first-order chi connectivity index (χ1) is 27.2. The van der Waals surface area contributed by atoms with Crippen molar-refractivity contribution in [2.75, 3.05) is 11.9 Å². The zero-order valence-corrected chi connectivity index (χ0v) is 32.2. The summed E-state index contributed by atoms with van der Waals surface area (Å²) in [5.74, 6) is -1.41. The quantitative estimate of drug-likeness (QED) is 0.120. The molecule has 2 amide bonds. The summed E-state index contributed by atoms with van der Waals surface area (Å²) in [4.78, 5) is 30.4. The number of benzene rings is 3. The summed E-state index contributed by atoms with van der Waals surface area (Å²) in [6, 6.07) is 17.8. The Morgan fingerprint density at radius 1 is 0.845 bits per heavy atom. The van der Waals surface area contributed by atoms with Crippen LogP contribution in [-0.4, -0.2) is 51.5 Å². The molecule has 6 aliphatic carbocycles. The number of hydrogen-bond donors (Lipinski definition) is 3. The maximum absolute atomic E-state index is 14.8. The average Bonchev–Trinajstić information content (AvgIpc) is 3.44. The van der Waals surface area contributed by atoms with E-state index >= 15 is 0 Å². The molecule has 2 spiro atoms. The van der Waals surface area contributed by atoms with Crippen LogP contribution in [0.15, 0.2) is 103 Å². The Morgan fingerprint density at radius 2 is 1.52 bits per heavy atom. The topological polar surface area (TPSA) is 99.1 Å². The van der Waals surface area contributed by atoms with Crippen molar-refractivity contribution in [3.8, 4) is 5.75 Å². The molecule has 3 aromatic rings. The monoisotopic (exact) mass is 808 g/mol. The number of alkyl halides is 6. The van der Waals surface area contributed by atoms with Gasteiger partial charge in [0.15, 0.2) is 5.78 Å². The number of halogens is 6. The fourth-order valence-corrected chi connectivity index (χ4v) is 11.8. The van der Waals surface area contributed by atoms with Crippen molar-refractivity contribution in [3.63, 3.8) is 0 Å². The average molecular weight is 809 g/mol. The van der Waals surface area contributed by atoms with Crippen LogP contribution in [-0.2, 0) is 12.7 Å². The van der Waals surface area contributed by atoms with Gasteiger partial charge in [0.1, 0.15) is 5.75 Å². The fourth-order valence-electron chi connectivity index (χ4n) is 11.8. The highest BCUT2D eigenvalue weighted by atomic mass is 19.4. The van der Waals surface area contributed by atoms with Crippen molar-refractivity contribution in [2.24, 2.45) is 33.5 Å². The Bertz CT molecular complexity index is 2160. The van der Waals surface area contributed by atoms with Crippen LogP contribution in [0.2, 0.25) is 0 Å². The minimum absolute atomic E-state index is 0.0657. The third-order valence-electron chi connectivity index (χ3n) is 14.7. The lowest BCUT2D eigenvalue weighted by Crippen LogP contribution is -2.67. The molecule has 2 bridgehead atoms.